The molecule has 0 bridgehead atoms. The van der Waals surface area contributed by atoms with Gasteiger partial charge in [-0.25, -0.2) is 0 Å². The predicted octanol–water partition coefficient (Wildman–Crippen LogP) is -4.08. The molecule has 11 heteroatoms. The molecule has 0 aromatic rings. The summed E-state index contributed by atoms with van der Waals surface area (Å²) in [7, 11) is 0. The number of hydrogen-bond donors (Lipinski definition) is 0. The van der Waals surface area contributed by atoms with Gasteiger partial charge in [0.25, 0.3) is 0 Å². The van der Waals surface area contributed by atoms with Crippen LogP contribution in [0.1, 0.15) is 66.7 Å². The molecule has 0 spiro atoms. The van der Waals surface area contributed by atoms with Crippen molar-refractivity contribution in [3.63, 3.8) is 0 Å². The van der Waals surface area contributed by atoms with Gasteiger partial charge < -0.3 is 39.6 Å². The topological polar surface area (TPSA) is 170 Å². The van der Waals surface area contributed by atoms with E-state index in [2.05, 4.69) is 0 Å². The summed E-state index contributed by atoms with van der Waals surface area (Å²) >= 11 is 0. The van der Waals surface area contributed by atoms with Crippen molar-refractivity contribution in [3.05, 3.63) is 0 Å². The molecule has 1 aliphatic carbocycles. The van der Waals surface area contributed by atoms with Crippen LogP contribution in [0.25, 0.3) is 0 Å². The van der Waals surface area contributed by atoms with Gasteiger partial charge in [-0.05, 0) is 47.0 Å². The van der Waals surface area contributed by atoms with E-state index in [4.69, 9.17) is 0 Å². The number of hydrogen-bond acceptors (Lipinski definition) is 11. The second-order valence-electron chi connectivity index (χ2n) is 9.73. The standard InChI is InChI=1S/C23H39N3O8/c1-6-23(26(15(4)21(31)32)16(5)22(33)34)11-24(13(2)19(27)28)17-9-7-8-10-18(17)25(12-23)14(3)20(29)30/h13-18H,6-12H2,1-5H3,(H,27,28)(H,29,30)(H,31,32)(H,33,34)/p-4. The van der Waals surface area contributed by atoms with Gasteiger partial charge in [-0.3, -0.25) is 14.7 Å². The Kier molecular flexibility index (Phi) is 9.06. The minimum Gasteiger partial charge on any atom is -0.548 e. The van der Waals surface area contributed by atoms with Gasteiger partial charge in [0, 0.05) is 54.9 Å². The SMILES string of the molecule is CCC1(N(C(C)C(=O)[O-])C(C)C(=O)[O-])CN(C(C)C(=O)[O-])C2CCCCC2N(C(C)C(=O)[O-])C1. The molecule has 1 saturated carbocycles. The molecule has 2 rings (SSSR count). The van der Waals surface area contributed by atoms with Gasteiger partial charge in [0.05, 0.1) is 23.9 Å². The Morgan fingerprint density at radius 3 is 1.38 bits per heavy atom. The minimum absolute atomic E-state index is 0.00528. The molecule has 0 amide bonds. The Morgan fingerprint density at radius 2 is 1.12 bits per heavy atom. The van der Waals surface area contributed by atoms with E-state index in [1.165, 1.54) is 32.6 Å². The van der Waals surface area contributed by atoms with Crippen molar-refractivity contribution in [3.8, 4) is 0 Å². The lowest BCUT2D eigenvalue weighted by atomic mass is 9.87. The van der Waals surface area contributed by atoms with E-state index in [0.29, 0.717) is 12.8 Å². The Morgan fingerprint density at radius 1 is 0.765 bits per heavy atom. The first-order chi connectivity index (χ1) is 15.8. The van der Waals surface area contributed by atoms with Crippen LogP contribution in [-0.2, 0) is 19.2 Å². The minimum atomic E-state index is -1.50. The van der Waals surface area contributed by atoms with Gasteiger partial charge in [0.15, 0.2) is 0 Å². The highest BCUT2D eigenvalue weighted by Crippen LogP contribution is 2.39. The molecule has 1 aliphatic heterocycles. The molecule has 6 unspecified atom stereocenters. The van der Waals surface area contributed by atoms with Crippen molar-refractivity contribution in [1.29, 1.82) is 0 Å². The van der Waals surface area contributed by atoms with Crippen molar-refractivity contribution < 1.29 is 39.6 Å². The van der Waals surface area contributed by atoms with Crippen LogP contribution < -0.4 is 20.4 Å². The van der Waals surface area contributed by atoms with Crippen LogP contribution in [0.3, 0.4) is 0 Å². The maximum atomic E-state index is 12.0. The molecule has 6 atom stereocenters. The summed E-state index contributed by atoms with van der Waals surface area (Å²) in [5, 5.41) is 47.8. The summed E-state index contributed by atoms with van der Waals surface area (Å²) in [6.45, 7) is 7.33. The van der Waals surface area contributed by atoms with Gasteiger partial charge >= 0.3 is 0 Å². The molecule has 0 aromatic carbocycles. The summed E-state index contributed by atoms with van der Waals surface area (Å²) in [5.74, 6) is -5.63. The zero-order valence-electron chi connectivity index (χ0n) is 20.5. The van der Waals surface area contributed by atoms with Crippen LogP contribution in [0.2, 0.25) is 0 Å². The molecule has 34 heavy (non-hydrogen) atoms. The number of carboxylic acid groups (broad SMARTS) is 4. The van der Waals surface area contributed by atoms with Crippen molar-refractivity contribution >= 4 is 23.9 Å². The fourth-order valence-electron chi connectivity index (χ4n) is 5.90. The second kappa shape index (κ2) is 11.0. The Hall–Kier alpha value is -2.24. The lowest BCUT2D eigenvalue weighted by Crippen LogP contribution is -2.70. The Labute approximate surface area is 200 Å². The van der Waals surface area contributed by atoms with E-state index in [1.54, 1.807) is 16.7 Å². The first-order valence-electron chi connectivity index (χ1n) is 11.9. The van der Waals surface area contributed by atoms with Crippen LogP contribution in [-0.4, -0.2) is 93.5 Å². The summed E-state index contributed by atoms with van der Waals surface area (Å²) < 4.78 is 0. The van der Waals surface area contributed by atoms with Gasteiger partial charge in [-0.1, -0.05) is 19.8 Å². The third kappa shape index (κ3) is 5.36. The third-order valence-corrected chi connectivity index (χ3v) is 7.90. The first-order valence-corrected chi connectivity index (χ1v) is 11.9. The van der Waals surface area contributed by atoms with E-state index in [9.17, 15) is 39.6 Å². The second-order valence-corrected chi connectivity index (χ2v) is 9.73. The van der Waals surface area contributed by atoms with Gasteiger partial charge in [-0.15, -0.1) is 0 Å². The molecule has 2 fully saturated rings. The maximum Gasteiger partial charge on any atom is 0.0584 e. The van der Waals surface area contributed by atoms with Crippen molar-refractivity contribution in [2.75, 3.05) is 13.1 Å². The van der Waals surface area contributed by atoms with E-state index >= 15 is 0 Å². The zero-order valence-corrected chi connectivity index (χ0v) is 20.5. The predicted molar refractivity (Wildman–Crippen MR) is 112 cm³/mol. The van der Waals surface area contributed by atoms with E-state index in [-0.39, 0.29) is 31.6 Å². The zero-order chi connectivity index (χ0) is 26.0. The summed E-state index contributed by atoms with van der Waals surface area (Å²) in [6, 6.07) is -5.53. The quantitative estimate of drug-likeness (QED) is 0.297. The van der Waals surface area contributed by atoms with Crippen LogP contribution >= 0.6 is 0 Å². The summed E-state index contributed by atoms with van der Waals surface area (Å²) in [5.41, 5.74) is -1.25. The molecule has 0 aromatic heterocycles. The normalized spacial score (nSPS) is 29.9. The van der Waals surface area contributed by atoms with E-state index in [0.717, 1.165) is 12.8 Å². The van der Waals surface area contributed by atoms with Crippen LogP contribution in [0, 0.1) is 0 Å². The molecular formula is C23H35N3O8-4. The molecule has 1 saturated heterocycles. The number of rotatable bonds is 10. The fraction of sp³-hybridized carbons (Fsp3) is 0.826. The Balaban J connectivity index is 2.78. The van der Waals surface area contributed by atoms with Gasteiger partial charge in [0.2, 0.25) is 0 Å². The lowest BCUT2D eigenvalue weighted by Gasteiger charge is -2.53. The number of carboxylic acids is 4. The van der Waals surface area contributed by atoms with Gasteiger partial charge in [-0.2, -0.15) is 0 Å². The highest BCUT2D eigenvalue weighted by atomic mass is 16.4. The molecule has 1 heterocycles. The molecule has 2 aliphatic rings. The highest BCUT2D eigenvalue weighted by Gasteiger charge is 2.51. The first kappa shape index (κ1) is 28.0. The van der Waals surface area contributed by atoms with Gasteiger partial charge in [0.1, 0.15) is 0 Å². The number of aliphatic carboxylic acids is 4. The average Bonchev–Trinajstić information content (AvgIpc) is 2.93. The molecule has 11 nitrogen and oxygen atoms in total. The van der Waals surface area contributed by atoms with Crippen LogP contribution in [0.5, 0.6) is 0 Å². The number of fused-ring (bicyclic) bond motifs is 1. The van der Waals surface area contributed by atoms with Crippen molar-refractivity contribution in [2.45, 2.75) is 109 Å². The third-order valence-electron chi connectivity index (χ3n) is 7.90. The monoisotopic (exact) mass is 481 g/mol. The number of carbonyl (C=O) groups excluding carboxylic acids is 4. The van der Waals surface area contributed by atoms with Crippen LogP contribution in [0.15, 0.2) is 0 Å². The molecule has 0 radical (unpaired) electrons. The number of nitrogens with zero attached hydrogens (tertiary/aromatic N) is 3. The Bertz CT molecular complexity index is 732. The summed E-state index contributed by atoms with van der Waals surface area (Å²) in [6.07, 6.45) is 3.08. The van der Waals surface area contributed by atoms with E-state index in [1.807, 2.05) is 0 Å². The van der Waals surface area contributed by atoms with Crippen LogP contribution in [0.4, 0.5) is 0 Å². The van der Waals surface area contributed by atoms with Crippen molar-refractivity contribution in [1.82, 2.24) is 14.7 Å². The maximum absolute atomic E-state index is 12.0. The average molecular weight is 482 g/mol. The fourth-order valence-corrected chi connectivity index (χ4v) is 5.90. The van der Waals surface area contributed by atoms with E-state index < -0.39 is 53.6 Å². The molecule has 194 valence electrons. The lowest BCUT2D eigenvalue weighted by molar-refractivity contribution is -0.323. The molecule has 0 N–H and O–H groups in total. The van der Waals surface area contributed by atoms with Crippen molar-refractivity contribution in [2.24, 2.45) is 0 Å². The summed E-state index contributed by atoms with van der Waals surface area (Å²) in [4.78, 5) is 52.6. The smallest absolute Gasteiger partial charge is 0.0584 e. The number of carbonyl (C=O) groups is 4. The molecular weight excluding hydrogens is 446 g/mol. The highest BCUT2D eigenvalue weighted by molar-refractivity contribution is 5.75. The largest absolute Gasteiger partial charge is 0.548 e.